The van der Waals surface area contributed by atoms with Crippen molar-refractivity contribution in [2.45, 2.75) is 27.2 Å². The van der Waals surface area contributed by atoms with E-state index in [2.05, 4.69) is 21.6 Å². The smallest absolute Gasteiger partial charge is 0.248 e. The number of hydrogen-bond donors (Lipinski definition) is 2. The number of aromatic nitrogens is 1. The van der Waals surface area contributed by atoms with Gasteiger partial charge in [-0.1, -0.05) is 24.6 Å². The van der Waals surface area contributed by atoms with Gasteiger partial charge in [-0.3, -0.25) is 14.7 Å². The highest BCUT2D eigenvalue weighted by molar-refractivity contribution is 6.32. The van der Waals surface area contributed by atoms with Gasteiger partial charge in [0.15, 0.2) is 0 Å². The molecule has 1 aromatic heterocycles. The highest BCUT2D eigenvalue weighted by Crippen LogP contribution is 2.38. The first-order valence-electron chi connectivity index (χ1n) is 13.5. The standard InChI is InChI=1S/C30H34ClN5O4/c1-4-24-22(19-32)30(33-20-9-10-27(39-5-2)23(31)16-20)21-17-26(28(40-6-3)18-25(21)34-24)35-29(37)8-7-11-36-12-14-38-15-13-36/h7-10,16-18H,4-6,11-15H2,1-3H3,(H,33,34)(H,35,37)/b8-7+. The number of nitriles is 1. The normalized spacial score (nSPS) is 13.8. The molecule has 2 aromatic carbocycles. The molecule has 210 valence electrons. The Labute approximate surface area is 239 Å². The Morgan fingerprint density at radius 2 is 1.90 bits per heavy atom. The van der Waals surface area contributed by atoms with Crippen molar-refractivity contribution in [3.05, 3.63) is 58.8 Å². The van der Waals surface area contributed by atoms with Crippen LogP contribution in [0.5, 0.6) is 11.5 Å². The average Bonchev–Trinajstić information content (AvgIpc) is 2.95. The second kappa shape index (κ2) is 14.0. The molecule has 2 N–H and O–H groups in total. The van der Waals surface area contributed by atoms with E-state index in [4.69, 9.17) is 30.8 Å². The number of morpholine rings is 1. The molecule has 10 heteroatoms. The lowest BCUT2D eigenvalue weighted by Gasteiger charge is -2.25. The molecule has 9 nitrogen and oxygen atoms in total. The van der Waals surface area contributed by atoms with Gasteiger partial charge in [-0.2, -0.15) is 5.26 Å². The largest absolute Gasteiger partial charge is 0.492 e. The van der Waals surface area contributed by atoms with Gasteiger partial charge in [0.2, 0.25) is 5.91 Å². The van der Waals surface area contributed by atoms with Crippen molar-refractivity contribution in [1.82, 2.24) is 9.88 Å². The number of amides is 1. The highest BCUT2D eigenvalue weighted by Gasteiger charge is 2.19. The van der Waals surface area contributed by atoms with Crippen molar-refractivity contribution < 1.29 is 19.0 Å². The van der Waals surface area contributed by atoms with E-state index in [-0.39, 0.29) is 5.91 Å². The van der Waals surface area contributed by atoms with Crippen molar-refractivity contribution in [3.8, 4) is 17.6 Å². The molecule has 0 unspecified atom stereocenters. The van der Waals surface area contributed by atoms with Crippen LogP contribution in [0.1, 0.15) is 32.0 Å². The summed E-state index contributed by atoms with van der Waals surface area (Å²) in [4.78, 5) is 19.8. The number of fused-ring (bicyclic) bond motifs is 1. The highest BCUT2D eigenvalue weighted by atomic mass is 35.5. The molecule has 0 saturated carbocycles. The molecule has 1 fully saturated rings. The maximum Gasteiger partial charge on any atom is 0.248 e. The minimum absolute atomic E-state index is 0.278. The Bertz CT molecular complexity index is 1430. The van der Waals surface area contributed by atoms with Gasteiger partial charge in [0.25, 0.3) is 0 Å². The van der Waals surface area contributed by atoms with Gasteiger partial charge in [-0.15, -0.1) is 0 Å². The predicted molar refractivity (Wildman–Crippen MR) is 158 cm³/mol. The molecular weight excluding hydrogens is 530 g/mol. The second-order valence-corrected chi connectivity index (χ2v) is 9.49. The maximum absolute atomic E-state index is 12.9. The fourth-order valence-electron chi connectivity index (χ4n) is 4.48. The summed E-state index contributed by atoms with van der Waals surface area (Å²) >= 11 is 6.43. The minimum Gasteiger partial charge on any atom is -0.492 e. The van der Waals surface area contributed by atoms with Crippen LogP contribution in [-0.2, 0) is 16.0 Å². The van der Waals surface area contributed by atoms with Crippen LogP contribution < -0.4 is 20.1 Å². The zero-order chi connectivity index (χ0) is 28.5. The fourth-order valence-corrected chi connectivity index (χ4v) is 4.72. The summed E-state index contributed by atoms with van der Waals surface area (Å²) in [7, 11) is 0. The zero-order valence-electron chi connectivity index (χ0n) is 23.1. The Hall–Kier alpha value is -3.84. The molecule has 0 bridgehead atoms. The fraction of sp³-hybridized carbons (Fsp3) is 0.367. The number of hydrogen-bond acceptors (Lipinski definition) is 8. The molecule has 0 aliphatic carbocycles. The first-order valence-corrected chi connectivity index (χ1v) is 13.9. The molecule has 1 aliphatic rings. The molecular formula is C30H34ClN5O4. The van der Waals surface area contributed by atoms with E-state index in [1.165, 1.54) is 6.08 Å². The quantitative estimate of drug-likeness (QED) is 0.286. The Balaban J connectivity index is 1.71. The van der Waals surface area contributed by atoms with Gasteiger partial charge in [0.1, 0.15) is 17.6 Å². The molecule has 40 heavy (non-hydrogen) atoms. The first-order chi connectivity index (χ1) is 19.5. The van der Waals surface area contributed by atoms with E-state index in [9.17, 15) is 10.1 Å². The number of rotatable bonds is 11. The third kappa shape index (κ3) is 7.02. The number of carbonyl (C=O) groups excluding carboxylic acids is 1. The molecule has 1 amide bonds. The van der Waals surface area contributed by atoms with Crippen LogP contribution in [0, 0.1) is 11.3 Å². The lowest BCUT2D eigenvalue weighted by atomic mass is 10.0. The van der Waals surface area contributed by atoms with Gasteiger partial charge in [-0.05, 0) is 44.5 Å². The van der Waals surface area contributed by atoms with Gasteiger partial charge >= 0.3 is 0 Å². The number of pyridine rings is 1. The number of anilines is 3. The van der Waals surface area contributed by atoms with E-state index in [1.54, 1.807) is 24.3 Å². The summed E-state index contributed by atoms with van der Waals surface area (Å²) in [6.45, 7) is 10.4. The van der Waals surface area contributed by atoms with Crippen molar-refractivity contribution in [1.29, 1.82) is 5.26 Å². The van der Waals surface area contributed by atoms with E-state index in [0.29, 0.717) is 95.1 Å². The third-order valence-electron chi connectivity index (χ3n) is 6.40. The van der Waals surface area contributed by atoms with Gasteiger partial charge < -0.3 is 24.8 Å². The van der Waals surface area contributed by atoms with E-state index in [0.717, 1.165) is 13.1 Å². The zero-order valence-corrected chi connectivity index (χ0v) is 23.8. The molecule has 3 aromatic rings. The number of carbonyl (C=O) groups is 1. The van der Waals surface area contributed by atoms with Crippen molar-refractivity contribution >= 4 is 45.5 Å². The molecule has 2 heterocycles. The van der Waals surface area contributed by atoms with Gasteiger partial charge in [0, 0.05) is 42.9 Å². The number of halogens is 1. The number of ether oxygens (including phenoxy) is 3. The van der Waals surface area contributed by atoms with Crippen LogP contribution >= 0.6 is 11.6 Å². The van der Waals surface area contributed by atoms with Gasteiger partial charge in [-0.25, -0.2) is 0 Å². The Morgan fingerprint density at radius 3 is 2.58 bits per heavy atom. The Kier molecular flexibility index (Phi) is 10.2. The summed E-state index contributed by atoms with van der Waals surface area (Å²) in [5.41, 5.74) is 3.46. The lowest BCUT2D eigenvalue weighted by molar-refractivity contribution is -0.111. The predicted octanol–water partition coefficient (Wildman–Crippen LogP) is 5.69. The van der Waals surface area contributed by atoms with Crippen LogP contribution in [0.3, 0.4) is 0 Å². The lowest BCUT2D eigenvalue weighted by Crippen LogP contribution is -2.36. The topological polar surface area (TPSA) is 109 Å². The summed E-state index contributed by atoms with van der Waals surface area (Å²) in [5, 5.41) is 17.5. The monoisotopic (exact) mass is 563 g/mol. The van der Waals surface area contributed by atoms with Crippen molar-refractivity contribution in [2.75, 3.05) is 56.7 Å². The molecule has 1 aliphatic heterocycles. The summed E-state index contributed by atoms with van der Waals surface area (Å²) in [5.74, 6) is 0.802. The van der Waals surface area contributed by atoms with E-state index in [1.807, 2.05) is 32.9 Å². The number of nitrogens with zero attached hydrogens (tertiary/aromatic N) is 3. The molecule has 4 rings (SSSR count). The maximum atomic E-state index is 12.9. The molecule has 0 radical (unpaired) electrons. The van der Waals surface area contributed by atoms with Crippen LogP contribution in [0.25, 0.3) is 10.9 Å². The second-order valence-electron chi connectivity index (χ2n) is 9.08. The molecule has 1 saturated heterocycles. The molecule has 0 atom stereocenters. The van der Waals surface area contributed by atoms with Crippen molar-refractivity contribution in [3.63, 3.8) is 0 Å². The number of aryl methyl sites for hydroxylation is 1. The first kappa shape index (κ1) is 29.2. The van der Waals surface area contributed by atoms with Crippen LogP contribution in [0.2, 0.25) is 5.02 Å². The van der Waals surface area contributed by atoms with E-state index >= 15 is 0 Å². The van der Waals surface area contributed by atoms with Crippen LogP contribution in [0.4, 0.5) is 17.1 Å². The Morgan fingerprint density at radius 1 is 1.15 bits per heavy atom. The summed E-state index contributed by atoms with van der Waals surface area (Å²) in [6.07, 6.45) is 3.93. The number of benzene rings is 2. The summed E-state index contributed by atoms with van der Waals surface area (Å²) in [6, 6.07) is 11.3. The number of nitrogens with one attached hydrogen (secondary N) is 2. The SMILES string of the molecule is CCOc1ccc(Nc2c(C#N)c(CC)nc3cc(OCC)c(NC(=O)/C=C/CN4CCOCC4)cc23)cc1Cl. The molecule has 0 spiro atoms. The van der Waals surface area contributed by atoms with Crippen molar-refractivity contribution in [2.24, 2.45) is 0 Å². The van der Waals surface area contributed by atoms with Crippen LogP contribution in [0.15, 0.2) is 42.5 Å². The average molecular weight is 564 g/mol. The van der Waals surface area contributed by atoms with E-state index < -0.39 is 0 Å². The third-order valence-corrected chi connectivity index (χ3v) is 6.70. The van der Waals surface area contributed by atoms with Gasteiger partial charge in [0.05, 0.1) is 59.6 Å². The van der Waals surface area contributed by atoms with Crippen LogP contribution in [-0.4, -0.2) is 61.9 Å². The summed E-state index contributed by atoms with van der Waals surface area (Å²) < 4.78 is 16.8. The minimum atomic E-state index is -0.278.